The van der Waals surface area contributed by atoms with Crippen LogP contribution in [0.4, 0.5) is 0 Å². The standard InChI is InChI=1S/C16H20N2O2/c1-10(2)12-7-5-6-8-14(12)18-15(11(3)4)13(9-17-18)16(19)20/h5-11H,1-4H3,(H,19,20). The minimum Gasteiger partial charge on any atom is -0.478 e. The summed E-state index contributed by atoms with van der Waals surface area (Å²) in [4.78, 5) is 11.3. The van der Waals surface area contributed by atoms with E-state index >= 15 is 0 Å². The van der Waals surface area contributed by atoms with E-state index in [2.05, 4.69) is 25.0 Å². The summed E-state index contributed by atoms with van der Waals surface area (Å²) in [5, 5.41) is 13.6. The molecule has 0 aliphatic carbocycles. The molecule has 20 heavy (non-hydrogen) atoms. The first-order valence-corrected chi connectivity index (χ1v) is 6.84. The predicted octanol–water partition coefficient (Wildman–Crippen LogP) is 3.82. The quantitative estimate of drug-likeness (QED) is 0.920. The Balaban J connectivity index is 2.68. The zero-order valence-corrected chi connectivity index (χ0v) is 12.3. The third-order valence-electron chi connectivity index (χ3n) is 3.37. The molecule has 0 bridgehead atoms. The zero-order chi connectivity index (χ0) is 14.9. The Labute approximate surface area is 119 Å². The fraction of sp³-hybridized carbons (Fsp3) is 0.375. The summed E-state index contributed by atoms with van der Waals surface area (Å²) in [6.07, 6.45) is 1.44. The molecule has 0 saturated carbocycles. The van der Waals surface area contributed by atoms with Crippen molar-refractivity contribution in [3.8, 4) is 5.69 Å². The number of aromatic nitrogens is 2. The number of carbonyl (C=O) groups is 1. The predicted molar refractivity (Wildman–Crippen MR) is 78.7 cm³/mol. The highest BCUT2D eigenvalue weighted by Crippen LogP contribution is 2.28. The van der Waals surface area contributed by atoms with Gasteiger partial charge in [-0.1, -0.05) is 45.9 Å². The van der Waals surface area contributed by atoms with Crippen molar-refractivity contribution in [2.24, 2.45) is 0 Å². The van der Waals surface area contributed by atoms with Crippen molar-refractivity contribution in [1.29, 1.82) is 0 Å². The molecule has 0 amide bonds. The summed E-state index contributed by atoms with van der Waals surface area (Å²) >= 11 is 0. The van der Waals surface area contributed by atoms with E-state index < -0.39 is 5.97 Å². The highest BCUT2D eigenvalue weighted by atomic mass is 16.4. The molecule has 0 aliphatic rings. The fourth-order valence-electron chi connectivity index (χ4n) is 2.44. The molecule has 1 aromatic carbocycles. The van der Waals surface area contributed by atoms with Crippen molar-refractivity contribution in [3.63, 3.8) is 0 Å². The molecule has 1 heterocycles. The molecule has 2 aromatic rings. The van der Waals surface area contributed by atoms with Gasteiger partial charge >= 0.3 is 5.97 Å². The van der Waals surface area contributed by atoms with E-state index in [1.165, 1.54) is 6.20 Å². The Kier molecular flexibility index (Phi) is 3.93. The summed E-state index contributed by atoms with van der Waals surface area (Å²) < 4.78 is 1.77. The third-order valence-corrected chi connectivity index (χ3v) is 3.37. The van der Waals surface area contributed by atoms with Gasteiger partial charge in [0.05, 0.1) is 17.6 Å². The summed E-state index contributed by atoms with van der Waals surface area (Å²) in [6.45, 7) is 8.21. The van der Waals surface area contributed by atoms with E-state index in [0.717, 1.165) is 16.9 Å². The van der Waals surface area contributed by atoms with Crippen LogP contribution in [0.2, 0.25) is 0 Å². The van der Waals surface area contributed by atoms with Gasteiger partial charge in [-0.05, 0) is 23.5 Å². The maximum Gasteiger partial charge on any atom is 0.339 e. The molecule has 106 valence electrons. The number of carboxylic acid groups (broad SMARTS) is 1. The number of para-hydroxylation sites is 1. The lowest BCUT2D eigenvalue weighted by Gasteiger charge is -2.16. The number of benzene rings is 1. The molecule has 4 heteroatoms. The number of hydrogen-bond donors (Lipinski definition) is 1. The maximum absolute atomic E-state index is 11.3. The normalized spacial score (nSPS) is 11.3. The molecule has 0 saturated heterocycles. The van der Waals surface area contributed by atoms with Crippen molar-refractivity contribution < 1.29 is 9.90 Å². The second-order valence-corrected chi connectivity index (χ2v) is 5.53. The highest BCUT2D eigenvalue weighted by Gasteiger charge is 2.21. The van der Waals surface area contributed by atoms with Gasteiger partial charge in [-0.25, -0.2) is 9.48 Å². The Bertz CT molecular complexity index is 627. The van der Waals surface area contributed by atoms with E-state index in [0.29, 0.717) is 5.92 Å². The minimum absolute atomic E-state index is 0.0869. The van der Waals surface area contributed by atoms with Crippen LogP contribution in [0.3, 0.4) is 0 Å². The average molecular weight is 272 g/mol. The number of carboxylic acids is 1. The molecule has 0 atom stereocenters. The van der Waals surface area contributed by atoms with Crippen LogP contribution in [0.5, 0.6) is 0 Å². The van der Waals surface area contributed by atoms with Gasteiger partial charge in [-0.2, -0.15) is 5.10 Å². The van der Waals surface area contributed by atoms with Crippen molar-refractivity contribution in [1.82, 2.24) is 9.78 Å². The van der Waals surface area contributed by atoms with Crippen molar-refractivity contribution in [2.75, 3.05) is 0 Å². The van der Waals surface area contributed by atoms with Crippen LogP contribution in [0.1, 0.15) is 61.1 Å². The molecule has 0 radical (unpaired) electrons. The first-order chi connectivity index (χ1) is 9.43. The number of hydrogen-bond acceptors (Lipinski definition) is 2. The molecular weight excluding hydrogens is 252 g/mol. The first kappa shape index (κ1) is 14.3. The Morgan fingerprint density at radius 3 is 2.35 bits per heavy atom. The number of nitrogens with zero attached hydrogens (tertiary/aromatic N) is 2. The van der Waals surface area contributed by atoms with Gasteiger partial charge in [0.2, 0.25) is 0 Å². The first-order valence-electron chi connectivity index (χ1n) is 6.84. The fourth-order valence-corrected chi connectivity index (χ4v) is 2.44. The Morgan fingerprint density at radius 2 is 1.80 bits per heavy atom. The molecule has 0 aliphatic heterocycles. The van der Waals surface area contributed by atoms with Crippen LogP contribution < -0.4 is 0 Å². The van der Waals surface area contributed by atoms with Crippen molar-refractivity contribution in [2.45, 2.75) is 39.5 Å². The van der Waals surface area contributed by atoms with Gasteiger partial charge in [0.1, 0.15) is 5.56 Å². The summed E-state index contributed by atoms with van der Waals surface area (Å²) in [5.74, 6) is -0.491. The van der Waals surface area contributed by atoms with E-state index in [-0.39, 0.29) is 11.5 Å². The van der Waals surface area contributed by atoms with Crippen LogP contribution in [0, 0.1) is 0 Å². The Morgan fingerprint density at radius 1 is 1.15 bits per heavy atom. The lowest BCUT2D eigenvalue weighted by molar-refractivity contribution is 0.0695. The van der Waals surface area contributed by atoms with E-state index in [1.54, 1.807) is 4.68 Å². The molecule has 1 aromatic heterocycles. The number of rotatable bonds is 4. The second-order valence-electron chi connectivity index (χ2n) is 5.53. The van der Waals surface area contributed by atoms with Crippen molar-refractivity contribution in [3.05, 3.63) is 47.3 Å². The van der Waals surface area contributed by atoms with Gasteiger partial charge in [0.25, 0.3) is 0 Å². The SMILES string of the molecule is CC(C)c1ccccc1-n1ncc(C(=O)O)c1C(C)C. The lowest BCUT2D eigenvalue weighted by atomic mass is 10.00. The van der Waals surface area contributed by atoms with Crippen LogP contribution >= 0.6 is 0 Å². The summed E-state index contributed by atoms with van der Waals surface area (Å²) in [7, 11) is 0. The van der Waals surface area contributed by atoms with Gasteiger partial charge in [-0.15, -0.1) is 0 Å². The number of aromatic carboxylic acids is 1. The summed E-state index contributed by atoms with van der Waals surface area (Å²) in [6, 6.07) is 8.00. The smallest absolute Gasteiger partial charge is 0.339 e. The lowest BCUT2D eigenvalue weighted by Crippen LogP contribution is -2.10. The van der Waals surface area contributed by atoms with Gasteiger partial charge in [0.15, 0.2) is 0 Å². The molecular formula is C16H20N2O2. The van der Waals surface area contributed by atoms with Gasteiger partial charge in [-0.3, -0.25) is 0 Å². The molecule has 1 N–H and O–H groups in total. The topological polar surface area (TPSA) is 55.1 Å². The molecule has 2 rings (SSSR count). The molecule has 0 spiro atoms. The average Bonchev–Trinajstić information content (AvgIpc) is 2.83. The van der Waals surface area contributed by atoms with Crippen LogP contribution in [-0.4, -0.2) is 20.9 Å². The highest BCUT2D eigenvalue weighted by molar-refractivity contribution is 5.89. The molecule has 0 fully saturated rings. The van der Waals surface area contributed by atoms with Gasteiger partial charge in [0, 0.05) is 0 Å². The maximum atomic E-state index is 11.3. The minimum atomic E-state index is -0.929. The van der Waals surface area contributed by atoms with E-state index in [4.69, 9.17) is 0 Å². The van der Waals surface area contributed by atoms with Crippen LogP contribution in [-0.2, 0) is 0 Å². The van der Waals surface area contributed by atoms with Crippen molar-refractivity contribution >= 4 is 5.97 Å². The molecule has 4 nitrogen and oxygen atoms in total. The third kappa shape index (κ3) is 2.46. The second kappa shape index (κ2) is 5.49. The monoisotopic (exact) mass is 272 g/mol. The van der Waals surface area contributed by atoms with E-state index in [9.17, 15) is 9.90 Å². The zero-order valence-electron chi connectivity index (χ0n) is 12.3. The van der Waals surface area contributed by atoms with Crippen LogP contribution in [0.25, 0.3) is 5.69 Å². The summed E-state index contributed by atoms with van der Waals surface area (Å²) in [5.41, 5.74) is 3.14. The largest absolute Gasteiger partial charge is 0.478 e. The van der Waals surface area contributed by atoms with E-state index in [1.807, 2.05) is 32.0 Å². The van der Waals surface area contributed by atoms with Crippen LogP contribution in [0.15, 0.2) is 30.5 Å². The molecule has 0 unspecified atom stereocenters. The van der Waals surface area contributed by atoms with Gasteiger partial charge < -0.3 is 5.11 Å². The Hall–Kier alpha value is -2.10.